The minimum absolute atomic E-state index is 0.0609. The summed E-state index contributed by atoms with van der Waals surface area (Å²) < 4.78 is 96.1. The van der Waals surface area contributed by atoms with E-state index in [1.165, 1.54) is 30.6 Å². The molecular weight excluding hydrogens is 495 g/mol. The quantitative estimate of drug-likeness (QED) is 0.382. The number of benzene rings is 2. The maximum Gasteiger partial charge on any atom is 0.435 e. The third-order valence-electron chi connectivity index (χ3n) is 5.65. The second-order valence-electron chi connectivity index (χ2n) is 7.79. The van der Waals surface area contributed by atoms with Gasteiger partial charge in [-0.1, -0.05) is 23.2 Å². The van der Waals surface area contributed by atoms with Crippen molar-refractivity contribution in [3.63, 3.8) is 0 Å². The zero-order valence-corrected chi connectivity index (χ0v) is 18.0. The second kappa shape index (κ2) is 8.82. The molecule has 0 spiro atoms. The number of nitrogens with zero attached hydrogens (tertiary/aromatic N) is 2. The third kappa shape index (κ3) is 4.21. The first-order valence-electron chi connectivity index (χ1n) is 10.2. The molecule has 2 heterocycles. The lowest BCUT2D eigenvalue weighted by atomic mass is 9.84. The van der Waals surface area contributed by atoms with Crippen molar-refractivity contribution in [1.29, 1.82) is 0 Å². The van der Waals surface area contributed by atoms with Crippen LogP contribution in [0.25, 0.3) is 10.8 Å². The number of halogens is 7. The van der Waals surface area contributed by atoms with E-state index in [4.69, 9.17) is 11.3 Å². The Labute approximate surface area is 199 Å². The van der Waals surface area contributed by atoms with E-state index in [1.54, 1.807) is 0 Å². The number of oxime groups is 1. The smallest absolute Gasteiger partial charge is 0.374 e. The number of pyridine rings is 1. The normalized spacial score (nSPS) is 17.9. The summed E-state index contributed by atoms with van der Waals surface area (Å²) in [6.07, 6.45) is -3.63. The van der Waals surface area contributed by atoms with Crippen molar-refractivity contribution < 1.29 is 40.4 Å². The predicted octanol–water partition coefficient (Wildman–Crippen LogP) is 5.34. The summed E-state index contributed by atoms with van der Waals surface area (Å²) in [6.45, 7) is -0.0609. The van der Waals surface area contributed by atoms with E-state index in [2.05, 4.69) is 21.4 Å². The lowest BCUT2D eigenvalue weighted by Gasteiger charge is -2.30. The molecule has 1 aliphatic rings. The third-order valence-corrected chi connectivity index (χ3v) is 5.65. The number of amides is 1. The van der Waals surface area contributed by atoms with Crippen molar-refractivity contribution in [2.75, 3.05) is 6.54 Å². The van der Waals surface area contributed by atoms with Gasteiger partial charge in [0.1, 0.15) is 5.82 Å². The first kappa shape index (κ1) is 25.0. The van der Waals surface area contributed by atoms with Gasteiger partial charge in [-0.05, 0) is 29.7 Å². The van der Waals surface area contributed by atoms with Gasteiger partial charge in [-0.15, -0.1) is 6.42 Å². The number of rotatable bonds is 4. The molecule has 36 heavy (non-hydrogen) atoms. The van der Waals surface area contributed by atoms with E-state index in [-0.39, 0.29) is 34.8 Å². The molecule has 0 saturated heterocycles. The largest absolute Gasteiger partial charge is 0.435 e. The predicted molar refractivity (Wildman–Crippen MR) is 114 cm³/mol. The summed E-state index contributed by atoms with van der Waals surface area (Å²) in [6, 6.07) is 5.07. The summed E-state index contributed by atoms with van der Waals surface area (Å²) >= 11 is 0. The highest BCUT2D eigenvalue weighted by Gasteiger charge is 2.62. The van der Waals surface area contributed by atoms with Gasteiger partial charge in [0.2, 0.25) is 0 Å². The number of aromatic nitrogens is 1. The van der Waals surface area contributed by atoms with Crippen LogP contribution in [0.2, 0.25) is 0 Å². The van der Waals surface area contributed by atoms with Gasteiger partial charge in [0.05, 0.1) is 17.8 Å². The van der Waals surface area contributed by atoms with E-state index < -0.39 is 47.2 Å². The molecule has 1 atom stereocenters. The fraction of sp³-hybridized carbons (Fsp3) is 0.208. The van der Waals surface area contributed by atoms with E-state index >= 15 is 0 Å². The average molecular weight is 509 g/mol. The Kier molecular flexibility index (Phi) is 6.12. The summed E-state index contributed by atoms with van der Waals surface area (Å²) in [5, 5.41) is 6.62. The summed E-state index contributed by atoms with van der Waals surface area (Å²) in [7, 11) is 0. The van der Waals surface area contributed by atoms with Crippen LogP contribution in [-0.4, -0.2) is 29.3 Å². The molecule has 0 bridgehead atoms. The molecule has 186 valence electrons. The number of terminal acetylenes is 1. The Morgan fingerprint density at radius 3 is 2.53 bits per heavy atom. The standard InChI is InChI=1S/C24H14F7N3O2/c1-2-8-33-21(35)16-5-4-15(14-7-9-32-12-17(14)16)20-11-22(36-34-20,24(29,30)31)13-3-6-19(25)18(10-13)23(26,27)28/h1,3-7,9-10,12H,8,11H2,(H,33,35). The maximum atomic E-state index is 14.3. The minimum Gasteiger partial charge on any atom is -0.374 e. The molecule has 3 aromatic rings. The molecule has 0 fully saturated rings. The molecule has 1 aliphatic heterocycles. The van der Waals surface area contributed by atoms with E-state index in [1.807, 2.05) is 0 Å². The topological polar surface area (TPSA) is 63.6 Å². The van der Waals surface area contributed by atoms with Crippen LogP contribution in [0.1, 0.15) is 33.5 Å². The summed E-state index contributed by atoms with van der Waals surface area (Å²) in [4.78, 5) is 21.2. The Bertz CT molecular complexity index is 1420. The maximum absolute atomic E-state index is 14.3. The number of hydrogen-bond donors (Lipinski definition) is 1. The van der Waals surface area contributed by atoms with Crippen molar-refractivity contribution >= 4 is 22.4 Å². The summed E-state index contributed by atoms with van der Waals surface area (Å²) in [5.41, 5.74) is -6.06. The van der Waals surface area contributed by atoms with Gasteiger partial charge >= 0.3 is 12.4 Å². The van der Waals surface area contributed by atoms with Gasteiger partial charge in [-0.25, -0.2) is 4.39 Å². The summed E-state index contributed by atoms with van der Waals surface area (Å²) in [5.74, 6) is -0.0218. The van der Waals surface area contributed by atoms with Crippen LogP contribution in [0.4, 0.5) is 30.7 Å². The van der Waals surface area contributed by atoms with Gasteiger partial charge < -0.3 is 10.2 Å². The van der Waals surface area contributed by atoms with Crippen LogP contribution in [-0.2, 0) is 16.6 Å². The molecule has 2 aromatic carbocycles. The lowest BCUT2D eigenvalue weighted by Crippen LogP contribution is -2.43. The molecular formula is C24H14F7N3O2. The van der Waals surface area contributed by atoms with Crippen LogP contribution < -0.4 is 5.32 Å². The molecule has 0 aliphatic carbocycles. The number of hydrogen-bond acceptors (Lipinski definition) is 4. The molecule has 12 heteroatoms. The highest BCUT2D eigenvalue weighted by molar-refractivity contribution is 6.16. The highest BCUT2D eigenvalue weighted by Crippen LogP contribution is 2.50. The Balaban J connectivity index is 1.80. The van der Waals surface area contributed by atoms with Crippen molar-refractivity contribution in [2.24, 2.45) is 5.16 Å². The van der Waals surface area contributed by atoms with Gasteiger partial charge in [-0.3, -0.25) is 9.78 Å². The van der Waals surface area contributed by atoms with Crippen LogP contribution in [0.15, 0.2) is 53.9 Å². The molecule has 0 saturated carbocycles. The Morgan fingerprint density at radius 2 is 1.86 bits per heavy atom. The number of alkyl halides is 6. The average Bonchev–Trinajstić information content (AvgIpc) is 3.28. The second-order valence-corrected chi connectivity index (χ2v) is 7.79. The minimum atomic E-state index is -5.23. The van der Waals surface area contributed by atoms with E-state index in [9.17, 15) is 35.5 Å². The van der Waals surface area contributed by atoms with Crippen molar-refractivity contribution in [3.05, 3.63) is 76.9 Å². The number of carbonyl (C=O) groups is 1. The SMILES string of the molecule is C#CCNC(=O)c1ccc(C2=NOC(c3ccc(F)c(C(F)(F)F)c3)(C(F)(F)F)C2)c2ccncc12. The number of nitrogens with one attached hydrogen (secondary N) is 1. The monoisotopic (exact) mass is 509 g/mol. The fourth-order valence-electron chi connectivity index (χ4n) is 3.91. The first-order chi connectivity index (χ1) is 16.9. The number of fused-ring (bicyclic) bond motifs is 1. The molecule has 1 amide bonds. The van der Waals surface area contributed by atoms with Crippen LogP contribution in [0.3, 0.4) is 0 Å². The van der Waals surface area contributed by atoms with Gasteiger partial charge in [0.25, 0.3) is 11.5 Å². The zero-order valence-electron chi connectivity index (χ0n) is 18.0. The van der Waals surface area contributed by atoms with Crippen LogP contribution in [0.5, 0.6) is 0 Å². The molecule has 1 unspecified atom stereocenters. The van der Waals surface area contributed by atoms with Crippen molar-refractivity contribution in [1.82, 2.24) is 10.3 Å². The van der Waals surface area contributed by atoms with E-state index in [0.717, 1.165) is 0 Å². The molecule has 0 radical (unpaired) electrons. The van der Waals surface area contributed by atoms with Crippen molar-refractivity contribution in [2.45, 2.75) is 24.4 Å². The van der Waals surface area contributed by atoms with Gasteiger partial charge in [0, 0.05) is 40.9 Å². The van der Waals surface area contributed by atoms with Crippen LogP contribution >= 0.6 is 0 Å². The number of carbonyl (C=O) groups excluding carboxylic acids is 1. The van der Waals surface area contributed by atoms with Crippen molar-refractivity contribution in [3.8, 4) is 12.3 Å². The van der Waals surface area contributed by atoms with Gasteiger partial charge in [-0.2, -0.15) is 26.3 Å². The van der Waals surface area contributed by atoms with E-state index in [0.29, 0.717) is 17.5 Å². The van der Waals surface area contributed by atoms with Crippen LogP contribution in [0, 0.1) is 18.2 Å². The van der Waals surface area contributed by atoms with Gasteiger partial charge in [0.15, 0.2) is 0 Å². The Hall–Kier alpha value is -4.14. The fourth-order valence-corrected chi connectivity index (χ4v) is 3.91. The zero-order chi connectivity index (χ0) is 26.3. The first-order valence-corrected chi connectivity index (χ1v) is 10.2. The highest BCUT2D eigenvalue weighted by atomic mass is 19.4. The molecule has 5 nitrogen and oxygen atoms in total. The molecule has 4 rings (SSSR count). The molecule has 1 N–H and O–H groups in total. The lowest BCUT2D eigenvalue weighted by molar-refractivity contribution is -0.276. The molecule has 1 aromatic heterocycles. The Morgan fingerprint density at radius 1 is 1.11 bits per heavy atom.